The number of ether oxygens (including phenoxy) is 1. The highest BCUT2D eigenvalue weighted by Gasteiger charge is 2.22. The minimum absolute atomic E-state index is 0.0789. The molecule has 1 saturated heterocycles. The van der Waals surface area contributed by atoms with Crippen molar-refractivity contribution in [1.29, 1.82) is 0 Å². The molecule has 1 aliphatic rings. The van der Waals surface area contributed by atoms with Gasteiger partial charge in [0.1, 0.15) is 0 Å². The fourth-order valence-corrected chi connectivity index (χ4v) is 4.77. The summed E-state index contributed by atoms with van der Waals surface area (Å²) in [6, 6.07) is 0. The van der Waals surface area contributed by atoms with Crippen LogP contribution in [0.3, 0.4) is 0 Å². The van der Waals surface area contributed by atoms with Gasteiger partial charge in [0.05, 0.1) is 13.0 Å². The Hall–Kier alpha value is -0.170. The van der Waals surface area contributed by atoms with Crippen molar-refractivity contribution in [2.45, 2.75) is 46.5 Å². The van der Waals surface area contributed by atoms with E-state index < -0.39 is 0 Å². The highest BCUT2D eigenvalue weighted by atomic mass is 33.1. The van der Waals surface area contributed by atoms with Crippen molar-refractivity contribution in [3.8, 4) is 0 Å². The number of nitrogens with zero attached hydrogens (tertiary/aromatic N) is 1. The van der Waals surface area contributed by atoms with E-state index in [4.69, 9.17) is 4.74 Å². The van der Waals surface area contributed by atoms with Crippen molar-refractivity contribution in [2.75, 3.05) is 38.5 Å². The van der Waals surface area contributed by atoms with Gasteiger partial charge in [-0.3, -0.25) is 4.79 Å². The highest BCUT2D eigenvalue weighted by molar-refractivity contribution is 8.75. The zero-order valence-corrected chi connectivity index (χ0v) is 16.4. The molecule has 23 heavy (non-hydrogen) atoms. The number of hydrogen-bond donors (Lipinski definition) is 1. The van der Waals surface area contributed by atoms with E-state index in [0.29, 0.717) is 18.9 Å². The molecular formula is C17H32N2O2S2. The van der Waals surface area contributed by atoms with E-state index in [2.05, 4.69) is 23.5 Å². The summed E-state index contributed by atoms with van der Waals surface area (Å²) in [4.78, 5) is 11.9. The molecule has 134 valence electrons. The molecule has 1 N–H and O–H groups in total. The molecule has 0 bridgehead atoms. The Kier molecular flexibility index (Phi) is 11.9. The van der Waals surface area contributed by atoms with E-state index in [1.165, 1.54) is 6.42 Å². The van der Waals surface area contributed by atoms with Crippen molar-refractivity contribution in [3.63, 3.8) is 0 Å². The Balaban J connectivity index is 2.18. The fraction of sp³-hybridized carbons (Fsp3) is 0.824. The molecule has 0 aromatic rings. The van der Waals surface area contributed by atoms with E-state index in [-0.39, 0.29) is 5.97 Å². The molecule has 0 aliphatic carbocycles. The lowest BCUT2D eigenvalue weighted by atomic mass is 10.0. The second kappa shape index (κ2) is 13.2. The molecule has 1 aliphatic heterocycles. The number of rotatable bonds is 11. The van der Waals surface area contributed by atoms with Gasteiger partial charge in [-0.1, -0.05) is 36.3 Å². The van der Waals surface area contributed by atoms with Crippen molar-refractivity contribution in [2.24, 2.45) is 5.92 Å². The Morgan fingerprint density at radius 2 is 2.26 bits per heavy atom. The smallest absolute Gasteiger partial charge is 0.309 e. The quantitative estimate of drug-likeness (QED) is 0.198. The van der Waals surface area contributed by atoms with Crippen LogP contribution in [-0.4, -0.2) is 48.8 Å². The SMILES string of the molecule is C/C=C(\CC)CC(=O)OCC1CCCN(SSCCNCC)C1. The normalized spacial score (nSPS) is 19.8. The molecule has 4 nitrogen and oxygen atoms in total. The third kappa shape index (κ3) is 9.65. The maximum Gasteiger partial charge on any atom is 0.309 e. The summed E-state index contributed by atoms with van der Waals surface area (Å²) in [5.74, 6) is 1.52. The molecule has 0 aromatic heterocycles. The van der Waals surface area contributed by atoms with Gasteiger partial charge in [0.25, 0.3) is 0 Å². The van der Waals surface area contributed by atoms with Crippen LogP contribution < -0.4 is 5.32 Å². The molecule has 1 atom stereocenters. The molecule has 6 heteroatoms. The molecule has 0 aromatic carbocycles. The van der Waals surface area contributed by atoms with Gasteiger partial charge in [-0.05, 0) is 43.7 Å². The average molecular weight is 361 g/mol. The molecule has 0 amide bonds. The standard InChI is InChI=1S/C17H32N2O2S2/c1-4-15(5-2)12-17(20)21-14-16-8-7-10-19(13-16)23-22-11-9-18-6-3/h4,16,18H,5-14H2,1-3H3/b15-4+. The maximum atomic E-state index is 11.9. The maximum absolute atomic E-state index is 11.9. The van der Waals surface area contributed by atoms with Crippen LogP contribution in [-0.2, 0) is 9.53 Å². The summed E-state index contributed by atoms with van der Waals surface area (Å²) in [5.41, 5.74) is 1.16. The molecule has 1 unspecified atom stereocenters. The van der Waals surface area contributed by atoms with Crippen LogP contribution in [0.15, 0.2) is 11.6 Å². The van der Waals surface area contributed by atoms with Gasteiger partial charge in [-0.25, -0.2) is 4.31 Å². The lowest BCUT2D eigenvalue weighted by Crippen LogP contribution is -2.33. The zero-order valence-electron chi connectivity index (χ0n) is 14.8. The second-order valence-electron chi connectivity index (χ2n) is 5.81. The van der Waals surface area contributed by atoms with E-state index in [0.717, 1.165) is 50.3 Å². The summed E-state index contributed by atoms with van der Waals surface area (Å²) >= 11 is 0. The number of piperidine rings is 1. The van der Waals surface area contributed by atoms with Gasteiger partial charge in [-0.2, -0.15) is 0 Å². The van der Waals surface area contributed by atoms with Crippen LogP contribution in [0.25, 0.3) is 0 Å². The van der Waals surface area contributed by atoms with Crippen molar-refractivity contribution < 1.29 is 9.53 Å². The van der Waals surface area contributed by atoms with E-state index in [1.54, 1.807) is 0 Å². The Labute approximate surface area is 149 Å². The lowest BCUT2D eigenvalue weighted by molar-refractivity contribution is -0.144. The van der Waals surface area contributed by atoms with Crippen molar-refractivity contribution >= 4 is 27.7 Å². The van der Waals surface area contributed by atoms with Crippen LogP contribution in [0.1, 0.15) is 46.5 Å². The van der Waals surface area contributed by atoms with E-state index in [9.17, 15) is 4.79 Å². The summed E-state index contributed by atoms with van der Waals surface area (Å²) in [5, 5.41) is 3.34. The minimum Gasteiger partial charge on any atom is -0.465 e. The van der Waals surface area contributed by atoms with Crippen LogP contribution in [0.4, 0.5) is 0 Å². The van der Waals surface area contributed by atoms with E-state index >= 15 is 0 Å². The first-order valence-electron chi connectivity index (χ1n) is 8.74. The van der Waals surface area contributed by atoms with Gasteiger partial charge in [0, 0.05) is 31.3 Å². The van der Waals surface area contributed by atoms with Gasteiger partial charge in [-0.15, -0.1) is 0 Å². The van der Waals surface area contributed by atoms with Gasteiger partial charge >= 0.3 is 5.97 Å². The van der Waals surface area contributed by atoms with E-state index in [1.807, 2.05) is 34.8 Å². The largest absolute Gasteiger partial charge is 0.465 e. The van der Waals surface area contributed by atoms with Gasteiger partial charge in [0.2, 0.25) is 0 Å². The number of nitrogens with one attached hydrogen (secondary N) is 1. The molecule has 1 rings (SSSR count). The topological polar surface area (TPSA) is 41.6 Å². The average Bonchev–Trinajstić information content (AvgIpc) is 2.58. The van der Waals surface area contributed by atoms with Crippen LogP contribution in [0.5, 0.6) is 0 Å². The van der Waals surface area contributed by atoms with Gasteiger partial charge < -0.3 is 10.1 Å². The molecular weight excluding hydrogens is 328 g/mol. The monoisotopic (exact) mass is 360 g/mol. The number of carbonyl (C=O) groups is 1. The molecule has 0 spiro atoms. The summed E-state index contributed by atoms with van der Waals surface area (Å²) < 4.78 is 7.91. The number of allylic oxidation sites excluding steroid dienone is 1. The van der Waals surface area contributed by atoms with Crippen LogP contribution >= 0.6 is 21.8 Å². The number of hydrogen-bond acceptors (Lipinski definition) is 6. The Morgan fingerprint density at radius 1 is 1.43 bits per heavy atom. The Bertz CT molecular complexity index is 365. The third-order valence-corrected chi connectivity index (χ3v) is 6.43. The minimum atomic E-state index is -0.0789. The Morgan fingerprint density at radius 3 is 2.96 bits per heavy atom. The second-order valence-corrected chi connectivity index (χ2v) is 8.27. The summed E-state index contributed by atoms with van der Waals surface area (Å²) in [7, 11) is 3.77. The zero-order chi connectivity index (χ0) is 16.9. The third-order valence-electron chi connectivity index (χ3n) is 3.97. The fourth-order valence-electron chi connectivity index (χ4n) is 2.51. The van der Waals surface area contributed by atoms with Crippen molar-refractivity contribution in [3.05, 3.63) is 11.6 Å². The van der Waals surface area contributed by atoms with Crippen LogP contribution in [0.2, 0.25) is 0 Å². The molecule has 1 heterocycles. The van der Waals surface area contributed by atoms with Gasteiger partial charge in [0.15, 0.2) is 0 Å². The predicted octanol–water partition coefficient (Wildman–Crippen LogP) is 3.89. The number of esters is 1. The lowest BCUT2D eigenvalue weighted by Gasteiger charge is -2.30. The number of carbonyl (C=O) groups excluding carboxylic acids is 1. The summed E-state index contributed by atoms with van der Waals surface area (Å²) in [6.45, 7) is 11.0. The first-order valence-corrected chi connectivity index (χ1v) is 11.0. The van der Waals surface area contributed by atoms with Crippen LogP contribution in [0, 0.1) is 5.92 Å². The molecule has 1 fully saturated rings. The van der Waals surface area contributed by atoms with Crippen molar-refractivity contribution in [1.82, 2.24) is 9.62 Å². The molecule has 0 saturated carbocycles. The first kappa shape index (κ1) is 20.9. The highest BCUT2D eigenvalue weighted by Crippen LogP contribution is 2.30. The summed E-state index contributed by atoms with van der Waals surface area (Å²) in [6.07, 6.45) is 5.74. The predicted molar refractivity (Wildman–Crippen MR) is 103 cm³/mol. The molecule has 0 radical (unpaired) electrons. The first-order chi connectivity index (χ1) is 11.2.